The highest BCUT2D eigenvalue weighted by Crippen LogP contribution is 2.34. The summed E-state index contributed by atoms with van der Waals surface area (Å²) in [6.45, 7) is 2.51. The van der Waals surface area contributed by atoms with Gasteiger partial charge in [-0.05, 0) is 24.1 Å². The molecule has 1 aromatic heterocycles. The van der Waals surface area contributed by atoms with E-state index in [0.717, 1.165) is 11.5 Å². The van der Waals surface area contributed by atoms with Crippen LogP contribution in [0.1, 0.15) is 30.7 Å². The first-order valence-electron chi connectivity index (χ1n) is 9.01. The standard InChI is InChI=1S/C18H20F4N4O2S/c1-3-15-24-17(29-25-15)26-7-6-11(10-4-5-14(28-2)12(19)8-10)13(9-26)23-16(27)18(20,21)22/h4-5,8,11,13H,3,6-7,9H2,1-2H3,(H,23,27). The number of carbonyl (C=O) groups excluding carboxylic acids is 1. The van der Waals surface area contributed by atoms with E-state index in [2.05, 4.69) is 14.7 Å². The third-order valence-electron chi connectivity index (χ3n) is 4.83. The van der Waals surface area contributed by atoms with Gasteiger partial charge in [0.2, 0.25) is 5.13 Å². The first-order valence-corrected chi connectivity index (χ1v) is 9.79. The van der Waals surface area contributed by atoms with Crippen LogP contribution >= 0.6 is 11.5 Å². The molecule has 0 bridgehead atoms. The Labute approximate surface area is 169 Å². The topological polar surface area (TPSA) is 67.3 Å². The van der Waals surface area contributed by atoms with Crippen molar-refractivity contribution in [3.63, 3.8) is 0 Å². The first-order chi connectivity index (χ1) is 13.7. The van der Waals surface area contributed by atoms with Crippen molar-refractivity contribution < 1.29 is 27.1 Å². The lowest BCUT2D eigenvalue weighted by Crippen LogP contribution is -2.54. The van der Waals surface area contributed by atoms with Gasteiger partial charge in [0, 0.05) is 37.0 Å². The van der Waals surface area contributed by atoms with Crippen LogP contribution in [-0.2, 0) is 11.2 Å². The van der Waals surface area contributed by atoms with Gasteiger partial charge in [0.1, 0.15) is 5.82 Å². The lowest BCUT2D eigenvalue weighted by molar-refractivity contribution is -0.174. The number of carbonyl (C=O) groups is 1. The number of amides is 1. The van der Waals surface area contributed by atoms with Crippen molar-refractivity contribution in [3.05, 3.63) is 35.4 Å². The van der Waals surface area contributed by atoms with E-state index >= 15 is 0 Å². The van der Waals surface area contributed by atoms with Gasteiger partial charge < -0.3 is 15.0 Å². The predicted molar refractivity (Wildman–Crippen MR) is 99.8 cm³/mol. The fourth-order valence-corrected chi connectivity index (χ4v) is 4.14. The molecule has 1 aromatic carbocycles. The van der Waals surface area contributed by atoms with Crippen molar-refractivity contribution in [1.29, 1.82) is 0 Å². The summed E-state index contributed by atoms with van der Waals surface area (Å²) in [6.07, 6.45) is -3.95. The van der Waals surface area contributed by atoms with Crippen LogP contribution in [-0.4, -0.2) is 47.7 Å². The summed E-state index contributed by atoms with van der Waals surface area (Å²) in [5.74, 6) is -2.42. The smallest absolute Gasteiger partial charge is 0.471 e. The van der Waals surface area contributed by atoms with Crippen LogP contribution in [0, 0.1) is 5.82 Å². The minimum atomic E-state index is -5.00. The van der Waals surface area contributed by atoms with Crippen LogP contribution in [0.5, 0.6) is 5.75 Å². The minimum absolute atomic E-state index is 0.0445. The third kappa shape index (κ3) is 4.77. The fourth-order valence-electron chi connectivity index (χ4n) is 3.35. The summed E-state index contributed by atoms with van der Waals surface area (Å²) in [5.41, 5.74) is 0.502. The van der Waals surface area contributed by atoms with Gasteiger partial charge in [0.05, 0.1) is 13.2 Å². The Hall–Kier alpha value is -2.43. The van der Waals surface area contributed by atoms with Crippen molar-refractivity contribution in [3.8, 4) is 5.75 Å². The molecule has 0 spiro atoms. The van der Waals surface area contributed by atoms with Gasteiger partial charge in [0.15, 0.2) is 11.6 Å². The molecule has 3 rings (SSSR count). The number of nitrogens with zero attached hydrogens (tertiary/aromatic N) is 3. The average Bonchev–Trinajstić information content (AvgIpc) is 3.16. The second-order valence-electron chi connectivity index (χ2n) is 6.66. The maximum Gasteiger partial charge on any atom is 0.471 e. The van der Waals surface area contributed by atoms with Crippen LogP contribution < -0.4 is 15.0 Å². The van der Waals surface area contributed by atoms with Gasteiger partial charge >= 0.3 is 12.1 Å². The summed E-state index contributed by atoms with van der Waals surface area (Å²) in [6, 6.07) is 3.40. The molecule has 2 aromatic rings. The Morgan fingerprint density at radius 3 is 2.76 bits per heavy atom. The number of piperidine rings is 1. The van der Waals surface area contributed by atoms with Crippen LogP contribution in [0.25, 0.3) is 0 Å². The Morgan fingerprint density at radius 2 is 2.17 bits per heavy atom. The SMILES string of the molecule is CCc1nsc(N2CCC(c3ccc(OC)c(F)c3)C(NC(=O)C(F)(F)F)C2)n1. The normalized spacial score (nSPS) is 19.9. The number of nitrogens with one attached hydrogen (secondary N) is 1. The quantitative estimate of drug-likeness (QED) is 0.735. The van der Waals surface area contributed by atoms with E-state index in [-0.39, 0.29) is 12.3 Å². The highest BCUT2D eigenvalue weighted by atomic mass is 32.1. The summed E-state index contributed by atoms with van der Waals surface area (Å²) < 4.78 is 61.8. The van der Waals surface area contributed by atoms with E-state index < -0.39 is 29.9 Å². The van der Waals surface area contributed by atoms with Gasteiger partial charge in [-0.15, -0.1) is 0 Å². The number of hydrogen-bond donors (Lipinski definition) is 1. The molecule has 1 aliphatic heterocycles. The molecule has 1 amide bonds. The van der Waals surface area contributed by atoms with E-state index in [4.69, 9.17) is 4.74 Å². The van der Waals surface area contributed by atoms with Gasteiger partial charge in [-0.1, -0.05) is 13.0 Å². The monoisotopic (exact) mass is 432 g/mol. The second kappa shape index (κ2) is 8.52. The molecular weight excluding hydrogens is 412 g/mol. The largest absolute Gasteiger partial charge is 0.494 e. The second-order valence-corrected chi connectivity index (χ2v) is 7.39. The Morgan fingerprint density at radius 1 is 1.41 bits per heavy atom. The number of hydrogen-bond acceptors (Lipinski definition) is 6. The number of alkyl halides is 3. The molecule has 0 saturated carbocycles. The number of benzene rings is 1. The highest BCUT2D eigenvalue weighted by molar-refractivity contribution is 7.09. The van der Waals surface area contributed by atoms with E-state index in [1.54, 1.807) is 11.0 Å². The molecule has 11 heteroatoms. The lowest BCUT2D eigenvalue weighted by Gasteiger charge is -2.39. The number of halogens is 4. The van der Waals surface area contributed by atoms with Gasteiger partial charge in [-0.2, -0.15) is 17.5 Å². The summed E-state index contributed by atoms with van der Waals surface area (Å²) >= 11 is 1.16. The van der Waals surface area contributed by atoms with Gasteiger partial charge in [-0.3, -0.25) is 4.79 Å². The van der Waals surface area contributed by atoms with Crippen molar-refractivity contribution in [1.82, 2.24) is 14.7 Å². The third-order valence-corrected chi connectivity index (χ3v) is 5.65. The summed E-state index contributed by atoms with van der Waals surface area (Å²) in [4.78, 5) is 17.8. The predicted octanol–water partition coefficient (Wildman–Crippen LogP) is 3.29. The zero-order valence-electron chi connectivity index (χ0n) is 15.8. The van der Waals surface area contributed by atoms with E-state index in [1.165, 1.54) is 19.2 Å². The Balaban J connectivity index is 1.86. The zero-order chi connectivity index (χ0) is 21.2. The summed E-state index contributed by atoms with van der Waals surface area (Å²) in [7, 11) is 1.33. The molecular formula is C18H20F4N4O2S. The van der Waals surface area contributed by atoms with Crippen LogP contribution in [0.15, 0.2) is 18.2 Å². The van der Waals surface area contributed by atoms with Crippen LogP contribution in [0.3, 0.4) is 0 Å². The Bertz CT molecular complexity index is 874. The van der Waals surface area contributed by atoms with Crippen LogP contribution in [0.4, 0.5) is 22.7 Å². The number of anilines is 1. The molecule has 158 valence electrons. The molecule has 0 aliphatic carbocycles. The molecule has 1 aliphatic rings. The minimum Gasteiger partial charge on any atom is -0.494 e. The number of methoxy groups -OCH3 is 1. The van der Waals surface area contributed by atoms with E-state index in [1.807, 2.05) is 6.92 Å². The van der Waals surface area contributed by atoms with Crippen molar-refractivity contribution >= 4 is 22.6 Å². The van der Waals surface area contributed by atoms with E-state index in [0.29, 0.717) is 35.9 Å². The van der Waals surface area contributed by atoms with Crippen molar-refractivity contribution in [2.75, 3.05) is 25.1 Å². The molecule has 1 N–H and O–H groups in total. The fraction of sp³-hybridized carbons (Fsp3) is 0.500. The highest BCUT2D eigenvalue weighted by Gasteiger charge is 2.42. The number of aromatic nitrogens is 2. The lowest BCUT2D eigenvalue weighted by atomic mass is 9.85. The van der Waals surface area contributed by atoms with E-state index in [9.17, 15) is 22.4 Å². The molecule has 2 atom stereocenters. The Kier molecular flexibility index (Phi) is 6.25. The zero-order valence-corrected chi connectivity index (χ0v) is 16.6. The first kappa shape index (κ1) is 21.3. The van der Waals surface area contributed by atoms with Gasteiger partial charge in [0.25, 0.3) is 0 Å². The maximum atomic E-state index is 14.1. The molecule has 0 radical (unpaired) electrons. The maximum absolute atomic E-state index is 14.1. The van der Waals surface area contributed by atoms with Gasteiger partial charge in [-0.25, -0.2) is 9.37 Å². The van der Waals surface area contributed by atoms with Crippen molar-refractivity contribution in [2.45, 2.75) is 37.9 Å². The van der Waals surface area contributed by atoms with Crippen molar-refractivity contribution in [2.24, 2.45) is 0 Å². The molecule has 1 saturated heterocycles. The number of rotatable bonds is 5. The molecule has 1 fully saturated rings. The summed E-state index contributed by atoms with van der Waals surface area (Å²) in [5, 5.41) is 2.66. The average molecular weight is 432 g/mol. The molecule has 29 heavy (non-hydrogen) atoms. The molecule has 2 heterocycles. The molecule has 6 nitrogen and oxygen atoms in total. The molecule has 2 unspecified atom stereocenters. The van der Waals surface area contributed by atoms with Crippen LogP contribution in [0.2, 0.25) is 0 Å². The number of aryl methyl sites for hydroxylation is 1. The number of ether oxygens (including phenoxy) is 1.